The van der Waals surface area contributed by atoms with Crippen molar-refractivity contribution in [2.75, 3.05) is 34.2 Å². The average Bonchev–Trinajstić information content (AvgIpc) is 2.71. The minimum Gasteiger partial charge on any atom is -0.338 e. The average molecular weight is 307 g/mol. The summed E-state index contributed by atoms with van der Waals surface area (Å²) in [4.78, 5) is 16.0. The fraction of sp³-hybridized carbons (Fsp3) is 0.750. The Labute approximate surface area is 133 Å². The van der Waals surface area contributed by atoms with E-state index >= 15 is 0 Å². The van der Waals surface area contributed by atoms with Crippen LogP contribution in [-0.2, 0) is 19.4 Å². The van der Waals surface area contributed by atoms with Gasteiger partial charge in [-0.1, -0.05) is 6.42 Å². The van der Waals surface area contributed by atoms with Crippen LogP contribution in [0.3, 0.4) is 0 Å². The molecule has 22 heavy (non-hydrogen) atoms. The molecule has 2 N–H and O–H groups in total. The van der Waals surface area contributed by atoms with Gasteiger partial charge in [0, 0.05) is 19.3 Å². The van der Waals surface area contributed by atoms with E-state index in [0.717, 1.165) is 31.5 Å². The predicted molar refractivity (Wildman–Crippen MR) is 87.9 cm³/mol. The van der Waals surface area contributed by atoms with Gasteiger partial charge in [-0.2, -0.15) is 5.10 Å². The molecule has 1 aromatic heterocycles. The summed E-state index contributed by atoms with van der Waals surface area (Å²) in [6, 6.07) is -0.0240. The number of carbonyl (C=O) groups excluding carboxylic acids is 1. The number of amides is 2. The number of nitrogens with zero attached hydrogens (tertiary/aromatic N) is 3. The monoisotopic (exact) mass is 307 g/mol. The van der Waals surface area contributed by atoms with Crippen LogP contribution >= 0.6 is 0 Å². The lowest BCUT2D eigenvalue weighted by Gasteiger charge is -2.18. The molecule has 1 heterocycles. The summed E-state index contributed by atoms with van der Waals surface area (Å²) < 4.78 is 0. The van der Waals surface area contributed by atoms with Gasteiger partial charge in [-0.15, -0.1) is 0 Å². The quantitative estimate of drug-likeness (QED) is 0.622. The van der Waals surface area contributed by atoms with Gasteiger partial charge in [0.05, 0.1) is 12.2 Å². The van der Waals surface area contributed by atoms with Gasteiger partial charge in [0.1, 0.15) is 0 Å². The van der Waals surface area contributed by atoms with Crippen molar-refractivity contribution in [3.05, 3.63) is 17.0 Å². The summed E-state index contributed by atoms with van der Waals surface area (Å²) in [6.45, 7) is 2.27. The number of urea groups is 1. The molecule has 1 aromatic rings. The van der Waals surface area contributed by atoms with Crippen LogP contribution in [0.5, 0.6) is 0 Å². The molecule has 1 aliphatic carbocycles. The van der Waals surface area contributed by atoms with Gasteiger partial charge in [-0.25, -0.2) is 4.79 Å². The second-order valence-corrected chi connectivity index (χ2v) is 6.43. The van der Waals surface area contributed by atoms with Crippen molar-refractivity contribution in [3.63, 3.8) is 0 Å². The maximum absolute atomic E-state index is 12.1. The Morgan fingerprint density at radius 2 is 2.00 bits per heavy atom. The van der Waals surface area contributed by atoms with Gasteiger partial charge in [0.2, 0.25) is 0 Å². The van der Waals surface area contributed by atoms with Crippen LogP contribution in [0.25, 0.3) is 0 Å². The molecule has 6 nitrogen and oxygen atoms in total. The minimum absolute atomic E-state index is 0.0240. The zero-order valence-electron chi connectivity index (χ0n) is 14.1. The zero-order valence-corrected chi connectivity index (χ0v) is 14.1. The molecule has 0 spiro atoms. The van der Waals surface area contributed by atoms with Crippen molar-refractivity contribution in [2.45, 2.75) is 45.1 Å². The van der Waals surface area contributed by atoms with Crippen LogP contribution in [0.2, 0.25) is 0 Å². The highest BCUT2D eigenvalue weighted by atomic mass is 16.2. The number of fused-ring (bicyclic) bond motifs is 1. The van der Waals surface area contributed by atoms with Gasteiger partial charge in [0.25, 0.3) is 0 Å². The maximum Gasteiger partial charge on any atom is 0.317 e. The first-order chi connectivity index (χ1) is 10.6. The Bertz CT molecular complexity index is 483. The number of H-pyrrole nitrogens is 1. The van der Waals surface area contributed by atoms with Gasteiger partial charge < -0.3 is 15.1 Å². The van der Waals surface area contributed by atoms with Crippen molar-refractivity contribution >= 4 is 6.03 Å². The summed E-state index contributed by atoms with van der Waals surface area (Å²) in [5, 5.41) is 10.6. The molecule has 1 aliphatic rings. The number of carbonyl (C=O) groups is 1. The van der Waals surface area contributed by atoms with E-state index < -0.39 is 0 Å². The molecule has 0 fully saturated rings. The Kier molecular flexibility index (Phi) is 6.24. The van der Waals surface area contributed by atoms with E-state index in [9.17, 15) is 4.79 Å². The molecule has 0 aliphatic heterocycles. The Balaban J connectivity index is 1.82. The Hall–Kier alpha value is -1.56. The topological polar surface area (TPSA) is 64.3 Å². The number of hydrogen-bond donors (Lipinski definition) is 2. The predicted octanol–water partition coefficient (Wildman–Crippen LogP) is 1.77. The largest absolute Gasteiger partial charge is 0.338 e. The number of rotatable bonds is 6. The highest BCUT2D eigenvalue weighted by Crippen LogP contribution is 2.22. The van der Waals surface area contributed by atoms with Gasteiger partial charge in [0.15, 0.2) is 0 Å². The molecule has 0 saturated carbocycles. The van der Waals surface area contributed by atoms with Crippen molar-refractivity contribution in [3.8, 4) is 0 Å². The normalized spacial score (nSPS) is 14.5. The first-order valence-corrected chi connectivity index (χ1v) is 8.26. The third-order valence-electron chi connectivity index (χ3n) is 4.18. The van der Waals surface area contributed by atoms with E-state index in [4.69, 9.17) is 0 Å². The smallest absolute Gasteiger partial charge is 0.317 e. The van der Waals surface area contributed by atoms with Crippen LogP contribution < -0.4 is 5.32 Å². The fourth-order valence-electron chi connectivity index (χ4n) is 2.88. The number of aromatic nitrogens is 2. The van der Waals surface area contributed by atoms with E-state index in [2.05, 4.69) is 20.4 Å². The molecule has 6 heteroatoms. The molecular weight excluding hydrogens is 278 g/mol. The summed E-state index contributed by atoms with van der Waals surface area (Å²) in [5.41, 5.74) is 3.64. The molecule has 0 radical (unpaired) electrons. The summed E-state index contributed by atoms with van der Waals surface area (Å²) >= 11 is 0. The lowest BCUT2D eigenvalue weighted by atomic mass is 10.1. The standard InChI is InChI=1S/C16H29N5O/c1-20(2)11-7-10-17-16(22)21(3)12-15-13-8-5-4-6-9-14(13)18-19-15/h4-12H2,1-3H3,(H,17,22)(H,18,19). The zero-order chi connectivity index (χ0) is 15.9. The van der Waals surface area contributed by atoms with Gasteiger partial charge in [-0.3, -0.25) is 5.10 Å². The number of hydrogen-bond acceptors (Lipinski definition) is 3. The van der Waals surface area contributed by atoms with Gasteiger partial charge >= 0.3 is 6.03 Å². The number of aryl methyl sites for hydroxylation is 1. The summed E-state index contributed by atoms with van der Waals surface area (Å²) in [6.07, 6.45) is 6.87. The van der Waals surface area contributed by atoms with Crippen molar-refractivity contribution < 1.29 is 4.79 Å². The van der Waals surface area contributed by atoms with E-state index in [1.807, 2.05) is 21.1 Å². The highest BCUT2D eigenvalue weighted by Gasteiger charge is 2.18. The fourth-order valence-corrected chi connectivity index (χ4v) is 2.88. The Morgan fingerprint density at radius 1 is 1.23 bits per heavy atom. The first kappa shape index (κ1) is 16.8. The molecule has 2 rings (SSSR count). The van der Waals surface area contributed by atoms with E-state index in [1.165, 1.54) is 30.5 Å². The molecule has 2 amide bonds. The third-order valence-corrected chi connectivity index (χ3v) is 4.18. The van der Waals surface area contributed by atoms with Crippen molar-refractivity contribution in [2.24, 2.45) is 0 Å². The number of nitrogens with one attached hydrogen (secondary N) is 2. The molecular formula is C16H29N5O. The van der Waals surface area contributed by atoms with E-state index in [-0.39, 0.29) is 6.03 Å². The van der Waals surface area contributed by atoms with E-state index in [0.29, 0.717) is 13.1 Å². The molecule has 0 bridgehead atoms. The molecule has 0 atom stereocenters. The van der Waals surface area contributed by atoms with Crippen LogP contribution in [0.1, 0.15) is 42.6 Å². The lowest BCUT2D eigenvalue weighted by Crippen LogP contribution is -2.38. The molecule has 0 aromatic carbocycles. The lowest BCUT2D eigenvalue weighted by molar-refractivity contribution is 0.205. The molecule has 0 saturated heterocycles. The minimum atomic E-state index is -0.0240. The second kappa shape index (κ2) is 8.17. The van der Waals surface area contributed by atoms with Crippen molar-refractivity contribution in [1.29, 1.82) is 0 Å². The maximum atomic E-state index is 12.1. The summed E-state index contributed by atoms with van der Waals surface area (Å²) in [7, 11) is 5.91. The van der Waals surface area contributed by atoms with Crippen LogP contribution in [0.4, 0.5) is 4.79 Å². The van der Waals surface area contributed by atoms with Crippen LogP contribution in [0, 0.1) is 0 Å². The third kappa shape index (κ3) is 4.73. The Morgan fingerprint density at radius 3 is 2.77 bits per heavy atom. The first-order valence-electron chi connectivity index (χ1n) is 8.26. The van der Waals surface area contributed by atoms with Gasteiger partial charge in [-0.05, 0) is 58.3 Å². The second-order valence-electron chi connectivity index (χ2n) is 6.43. The molecule has 0 unspecified atom stereocenters. The SMILES string of the molecule is CN(C)CCCNC(=O)N(C)Cc1n[nH]c2c1CCCCC2. The highest BCUT2D eigenvalue weighted by molar-refractivity contribution is 5.73. The van der Waals surface area contributed by atoms with Crippen LogP contribution in [0.15, 0.2) is 0 Å². The summed E-state index contributed by atoms with van der Waals surface area (Å²) in [5.74, 6) is 0. The molecule has 124 valence electrons. The van der Waals surface area contributed by atoms with Crippen LogP contribution in [-0.4, -0.2) is 60.3 Å². The van der Waals surface area contributed by atoms with Crippen molar-refractivity contribution in [1.82, 2.24) is 25.3 Å². The number of aromatic amines is 1. The van der Waals surface area contributed by atoms with E-state index in [1.54, 1.807) is 4.90 Å².